The first-order valence-electron chi connectivity index (χ1n) is 12.7. The number of hydrogen-bond donors (Lipinski definition) is 7. The van der Waals surface area contributed by atoms with Gasteiger partial charge in [-0.2, -0.15) is 0 Å². The van der Waals surface area contributed by atoms with Crippen LogP contribution in [0.25, 0.3) is 0 Å². The fourth-order valence-corrected chi connectivity index (χ4v) is 4.12. The van der Waals surface area contributed by atoms with Gasteiger partial charge < -0.3 is 41.3 Å². The summed E-state index contributed by atoms with van der Waals surface area (Å²) in [6.45, 7) is 5.08. The van der Waals surface area contributed by atoms with Crippen LogP contribution in [0.5, 0.6) is 5.75 Å². The summed E-state index contributed by atoms with van der Waals surface area (Å²) >= 11 is 6.25. The van der Waals surface area contributed by atoms with E-state index in [1.54, 1.807) is 39.0 Å². The van der Waals surface area contributed by atoms with E-state index in [-0.39, 0.29) is 30.9 Å². The molecule has 0 aliphatic carbocycles. The topological polar surface area (TPSA) is 182 Å². The minimum absolute atomic E-state index is 0.0828. The Morgan fingerprint density at radius 2 is 1.95 bits per heavy atom. The van der Waals surface area contributed by atoms with Gasteiger partial charge in [0.25, 0.3) is 5.91 Å². The second-order valence-electron chi connectivity index (χ2n) is 9.76. The first-order chi connectivity index (χ1) is 18.8. The van der Waals surface area contributed by atoms with Gasteiger partial charge in [0.1, 0.15) is 5.75 Å². The molecule has 0 radical (unpaired) electrons. The number of benzene rings is 2. The maximum absolute atomic E-state index is 12.8. The summed E-state index contributed by atoms with van der Waals surface area (Å²) < 4.78 is 5.04. The highest BCUT2D eigenvalue weighted by molar-refractivity contribution is 6.30. The van der Waals surface area contributed by atoms with Crippen LogP contribution in [0.3, 0.4) is 0 Å². The molecule has 0 spiro atoms. The third-order valence-electron chi connectivity index (χ3n) is 5.86. The van der Waals surface area contributed by atoms with Gasteiger partial charge in [-0.1, -0.05) is 17.7 Å². The molecule has 0 fully saturated rings. The van der Waals surface area contributed by atoms with Crippen molar-refractivity contribution in [1.29, 1.82) is 0 Å². The van der Waals surface area contributed by atoms with E-state index >= 15 is 0 Å². The molecule has 2 aromatic rings. The lowest BCUT2D eigenvalue weighted by Crippen LogP contribution is -2.42. The van der Waals surface area contributed by atoms with Crippen LogP contribution in [0.1, 0.15) is 54.7 Å². The van der Waals surface area contributed by atoms with Crippen molar-refractivity contribution >= 4 is 41.0 Å². The average Bonchev–Trinajstić information content (AvgIpc) is 2.87. The number of β-amino-alcohol motifs (C(OH)–C–C–N with tert-alkyl or cyclic N) is 1. The highest BCUT2D eigenvalue weighted by Crippen LogP contribution is 2.29. The van der Waals surface area contributed by atoms with Crippen molar-refractivity contribution in [3.8, 4) is 5.75 Å². The van der Waals surface area contributed by atoms with Crippen molar-refractivity contribution in [3.63, 3.8) is 0 Å². The van der Waals surface area contributed by atoms with Crippen molar-refractivity contribution in [3.05, 3.63) is 58.1 Å². The van der Waals surface area contributed by atoms with Crippen LogP contribution in [0.4, 0.5) is 5.69 Å². The first kappa shape index (κ1) is 30.7. The maximum atomic E-state index is 12.8. The molecular weight excluding hydrogens is 542 g/mol. The Bertz CT molecular complexity index is 1280. The Morgan fingerprint density at radius 3 is 2.60 bits per heavy atom. The number of rotatable bonds is 10. The van der Waals surface area contributed by atoms with Gasteiger partial charge in [-0.15, -0.1) is 0 Å². The molecule has 12 nitrogen and oxygen atoms in total. The van der Waals surface area contributed by atoms with E-state index < -0.39 is 42.1 Å². The van der Waals surface area contributed by atoms with Gasteiger partial charge >= 0.3 is 5.97 Å². The van der Waals surface area contributed by atoms with E-state index in [0.717, 1.165) is 0 Å². The Hall–Kier alpha value is -3.87. The third-order valence-corrected chi connectivity index (χ3v) is 6.08. The van der Waals surface area contributed by atoms with Crippen LogP contribution in [0.2, 0.25) is 5.02 Å². The Kier molecular flexibility index (Phi) is 10.3. The highest BCUT2D eigenvalue weighted by atomic mass is 35.5. The summed E-state index contributed by atoms with van der Waals surface area (Å²) in [5, 5.41) is 41.4. The lowest BCUT2D eigenvalue weighted by Gasteiger charge is -2.23. The zero-order valence-corrected chi connectivity index (χ0v) is 23.2. The summed E-state index contributed by atoms with van der Waals surface area (Å²) in [6, 6.07) is 8.07. The maximum Gasteiger partial charge on any atom is 0.308 e. The van der Waals surface area contributed by atoms with Crippen LogP contribution in [0, 0.1) is 0 Å². The minimum atomic E-state index is -1.22. The van der Waals surface area contributed by atoms with Gasteiger partial charge in [-0.25, -0.2) is 0 Å². The number of nitrogens with one attached hydrogen (secondary N) is 4. The number of halogens is 1. The van der Waals surface area contributed by atoms with E-state index in [4.69, 9.17) is 16.3 Å². The fraction of sp³-hybridized carbons (Fsp3) is 0.407. The number of esters is 1. The molecule has 0 bridgehead atoms. The summed E-state index contributed by atoms with van der Waals surface area (Å²) in [7, 11) is 0. The number of carbonyl (C=O) groups is 3. The third kappa shape index (κ3) is 9.11. The van der Waals surface area contributed by atoms with E-state index in [0.29, 0.717) is 34.3 Å². The van der Waals surface area contributed by atoms with Crippen LogP contribution in [-0.2, 0) is 19.9 Å². The summed E-state index contributed by atoms with van der Waals surface area (Å²) in [6.07, 6.45) is -0.794. The molecule has 3 rings (SSSR count). The molecular formula is C27H34ClN5O7. The number of aromatic hydroxyl groups is 1. The number of hydrogen-bond acceptors (Lipinski definition) is 10. The van der Waals surface area contributed by atoms with Crippen LogP contribution in [0.15, 0.2) is 41.4 Å². The van der Waals surface area contributed by atoms with Gasteiger partial charge in [0.2, 0.25) is 5.91 Å². The molecule has 0 aromatic heterocycles. The molecule has 1 heterocycles. The van der Waals surface area contributed by atoms with Crippen molar-refractivity contribution in [2.75, 3.05) is 31.6 Å². The molecule has 2 amide bonds. The molecule has 1 aliphatic heterocycles. The van der Waals surface area contributed by atoms with Crippen LogP contribution >= 0.6 is 11.6 Å². The quantitative estimate of drug-likeness (QED) is 0.207. The largest absolute Gasteiger partial charge is 0.508 e. The van der Waals surface area contributed by atoms with Crippen molar-refractivity contribution in [2.24, 2.45) is 4.99 Å². The van der Waals surface area contributed by atoms with Crippen molar-refractivity contribution < 1.29 is 34.4 Å². The van der Waals surface area contributed by atoms with E-state index in [1.807, 2.05) is 0 Å². The standard InChI is InChI=1S/C27H34ClN5O7/c1-4-40-24(37)11-22(15-5-17(27(2,3)39)9-18(28)6-15)33-23(36)14-29-25(38)16-7-19(10-20(34)8-16)32-26-30-12-21(35)13-31-26/h5-10,21-22,34-35,39H,4,11-14H2,1-3H3,(H,29,38)(H,33,36)(H2,30,31,32)/t22-/m0/s1. The lowest BCUT2D eigenvalue weighted by atomic mass is 9.93. The van der Waals surface area contributed by atoms with Gasteiger partial charge in [0.05, 0.1) is 43.9 Å². The second-order valence-corrected chi connectivity index (χ2v) is 10.2. The SMILES string of the molecule is CCOC(=O)C[C@H](NC(=O)CNC(=O)c1cc(O)cc(NC2=NCC(O)CN2)c1)c1cc(Cl)cc(C(C)(C)O)c1. The summed E-state index contributed by atoms with van der Waals surface area (Å²) in [4.78, 5) is 42.0. The number of nitrogens with zero attached hydrogens (tertiary/aromatic N) is 1. The van der Waals surface area contributed by atoms with E-state index in [9.17, 15) is 29.7 Å². The number of carbonyl (C=O) groups excluding carboxylic acids is 3. The molecule has 0 saturated heterocycles. The van der Waals surface area contributed by atoms with Crippen LogP contribution < -0.4 is 21.3 Å². The van der Waals surface area contributed by atoms with Gasteiger partial charge in [-0.3, -0.25) is 19.4 Å². The monoisotopic (exact) mass is 575 g/mol. The van der Waals surface area contributed by atoms with Crippen molar-refractivity contribution in [2.45, 2.75) is 44.9 Å². The molecule has 1 aliphatic rings. The number of amides is 2. The van der Waals surface area contributed by atoms with E-state index in [2.05, 4.69) is 26.3 Å². The molecule has 40 heavy (non-hydrogen) atoms. The molecule has 216 valence electrons. The normalized spacial score (nSPS) is 15.8. The lowest BCUT2D eigenvalue weighted by molar-refractivity contribution is -0.143. The predicted molar refractivity (Wildman–Crippen MR) is 149 cm³/mol. The molecule has 0 saturated carbocycles. The van der Waals surface area contributed by atoms with E-state index in [1.165, 1.54) is 18.2 Å². The van der Waals surface area contributed by atoms with Crippen LogP contribution in [-0.4, -0.2) is 71.4 Å². The Balaban J connectivity index is 1.70. The Morgan fingerprint density at radius 1 is 1.20 bits per heavy atom. The number of aliphatic imine (C=N–C) groups is 1. The molecule has 2 aromatic carbocycles. The number of aliphatic hydroxyl groups excluding tert-OH is 1. The average molecular weight is 576 g/mol. The number of guanidine groups is 1. The molecule has 2 atom stereocenters. The summed E-state index contributed by atoms with van der Waals surface area (Å²) in [5.74, 6) is -1.58. The van der Waals surface area contributed by atoms with Gasteiger partial charge in [0.15, 0.2) is 5.96 Å². The molecule has 13 heteroatoms. The number of phenolic OH excluding ortho intramolecular Hbond substituents is 1. The zero-order valence-electron chi connectivity index (χ0n) is 22.5. The van der Waals surface area contributed by atoms with Gasteiger partial charge in [0, 0.05) is 28.9 Å². The number of ether oxygens (including phenoxy) is 1. The predicted octanol–water partition coefficient (Wildman–Crippen LogP) is 1.55. The summed E-state index contributed by atoms with van der Waals surface area (Å²) in [5.41, 5.74) is 0.204. The number of aliphatic hydroxyl groups is 2. The minimum Gasteiger partial charge on any atom is -0.508 e. The second kappa shape index (κ2) is 13.5. The zero-order chi connectivity index (χ0) is 29.4. The highest BCUT2D eigenvalue weighted by Gasteiger charge is 2.24. The Labute approximate surface area is 236 Å². The smallest absolute Gasteiger partial charge is 0.308 e. The molecule has 1 unspecified atom stereocenters. The van der Waals surface area contributed by atoms with Gasteiger partial charge in [-0.05, 0) is 56.2 Å². The fourth-order valence-electron chi connectivity index (χ4n) is 3.88. The number of anilines is 1. The number of phenols is 1. The molecule has 7 N–H and O–H groups in total. The first-order valence-corrected chi connectivity index (χ1v) is 13.1. The van der Waals surface area contributed by atoms with Crippen molar-refractivity contribution in [1.82, 2.24) is 16.0 Å².